The number of rotatable bonds is 6. The van der Waals surface area contributed by atoms with Gasteiger partial charge in [-0.3, -0.25) is 15.0 Å². The predicted molar refractivity (Wildman–Crippen MR) is 121 cm³/mol. The van der Waals surface area contributed by atoms with Crippen molar-refractivity contribution in [3.63, 3.8) is 0 Å². The normalized spacial score (nSPS) is 16.4. The third-order valence-corrected chi connectivity index (χ3v) is 5.51. The Balaban J connectivity index is 1.49. The van der Waals surface area contributed by atoms with Gasteiger partial charge in [-0.15, -0.1) is 0 Å². The molecule has 0 unspecified atom stereocenters. The summed E-state index contributed by atoms with van der Waals surface area (Å²) in [6.07, 6.45) is 11.6. The average molecular weight is 415 g/mol. The number of hydrogen-bond acceptors (Lipinski definition) is 4. The van der Waals surface area contributed by atoms with Crippen molar-refractivity contribution in [3.8, 4) is 11.4 Å². The maximum atomic E-state index is 12.6. The smallest absolute Gasteiger partial charge is 0.247 e. The van der Waals surface area contributed by atoms with Gasteiger partial charge in [-0.1, -0.05) is 32.1 Å². The number of H-pyrrole nitrogens is 2. The van der Waals surface area contributed by atoms with Gasteiger partial charge in [0.15, 0.2) is 5.82 Å². The molecule has 3 N–H and O–H groups in total. The Hall–Kier alpha value is -3.48. The van der Waals surface area contributed by atoms with Gasteiger partial charge >= 0.3 is 0 Å². The molecule has 7 heteroatoms. The van der Waals surface area contributed by atoms with Crippen LogP contribution in [0.25, 0.3) is 27.9 Å². The number of carbonyl (C=O) groups is 1. The topological polar surface area (TPSA) is 99.3 Å². The van der Waals surface area contributed by atoms with Crippen LogP contribution in [0.3, 0.4) is 0 Å². The summed E-state index contributed by atoms with van der Waals surface area (Å²) in [6.45, 7) is 4.32. The van der Waals surface area contributed by atoms with Crippen molar-refractivity contribution in [2.24, 2.45) is 5.92 Å². The summed E-state index contributed by atoms with van der Waals surface area (Å²) < 4.78 is 0. The second-order valence-electron chi connectivity index (χ2n) is 8.71. The summed E-state index contributed by atoms with van der Waals surface area (Å²) in [5.41, 5.74) is 4.35. The van der Waals surface area contributed by atoms with E-state index in [0.717, 1.165) is 58.4 Å². The molecule has 1 fully saturated rings. The highest BCUT2D eigenvalue weighted by Crippen LogP contribution is 2.30. The number of carbonyl (C=O) groups excluding carboxylic acids is 1. The third kappa shape index (κ3) is 4.21. The Bertz CT molecular complexity index is 1220. The molecule has 0 aliphatic heterocycles. The van der Waals surface area contributed by atoms with Crippen LogP contribution in [-0.2, 0) is 11.2 Å². The molecule has 0 radical (unpaired) electrons. The van der Waals surface area contributed by atoms with Gasteiger partial charge in [-0.05, 0) is 49.5 Å². The lowest BCUT2D eigenvalue weighted by molar-refractivity contribution is -0.117. The molecule has 2 aliphatic carbocycles. The summed E-state index contributed by atoms with van der Waals surface area (Å²) in [5, 5.41) is 19.2. The molecule has 158 valence electrons. The number of fused-ring (bicyclic) bond motifs is 1. The zero-order chi connectivity index (χ0) is 21.4. The van der Waals surface area contributed by atoms with E-state index in [0.29, 0.717) is 24.2 Å². The number of allylic oxidation sites excluding steroid dienone is 5. The third-order valence-electron chi connectivity index (χ3n) is 5.51. The Morgan fingerprint density at radius 3 is 2.90 bits per heavy atom. The number of hydrogen-bond donors (Lipinski definition) is 3. The Labute approximate surface area is 180 Å². The van der Waals surface area contributed by atoms with Crippen molar-refractivity contribution >= 4 is 22.4 Å². The first-order valence-corrected chi connectivity index (χ1v) is 10.8. The molecule has 0 saturated heterocycles. The fourth-order valence-electron chi connectivity index (χ4n) is 3.75. The summed E-state index contributed by atoms with van der Waals surface area (Å²) in [7, 11) is 0. The predicted octanol–water partition coefficient (Wildman–Crippen LogP) is 4.09. The van der Waals surface area contributed by atoms with Crippen LogP contribution in [0.5, 0.6) is 0 Å². The Morgan fingerprint density at radius 1 is 1.23 bits per heavy atom. The summed E-state index contributed by atoms with van der Waals surface area (Å²) >= 11 is 0. The van der Waals surface area contributed by atoms with Crippen molar-refractivity contribution in [1.82, 2.24) is 30.7 Å². The van der Waals surface area contributed by atoms with Crippen LogP contribution in [0.4, 0.5) is 0 Å². The molecular weight excluding hydrogens is 388 g/mol. The summed E-state index contributed by atoms with van der Waals surface area (Å²) in [5.74, 6) is 2.10. The highest BCUT2D eigenvalue weighted by atomic mass is 16.1. The van der Waals surface area contributed by atoms with E-state index in [2.05, 4.69) is 50.6 Å². The fourth-order valence-corrected chi connectivity index (χ4v) is 3.75. The number of amides is 1. The molecule has 2 aliphatic rings. The Morgan fingerprint density at radius 2 is 2.10 bits per heavy atom. The van der Waals surface area contributed by atoms with Crippen molar-refractivity contribution in [3.05, 3.63) is 59.6 Å². The van der Waals surface area contributed by atoms with E-state index in [4.69, 9.17) is 0 Å². The van der Waals surface area contributed by atoms with Crippen LogP contribution in [-0.4, -0.2) is 37.3 Å². The fraction of sp³-hybridized carbons (Fsp3) is 0.333. The molecule has 2 aromatic heterocycles. The Kier molecular flexibility index (Phi) is 5.02. The molecule has 1 saturated carbocycles. The zero-order valence-electron chi connectivity index (χ0n) is 17.8. The molecule has 31 heavy (non-hydrogen) atoms. The van der Waals surface area contributed by atoms with Crippen LogP contribution < -0.4 is 5.32 Å². The van der Waals surface area contributed by atoms with Crippen molar-refractivity contribution in [2.75, 3.05) is 0 Å². The SMILES string of the molecule is CC(C)Cc1nc(-c2ccc3[nH]nc(C4=CC=CCC(C(=O)NC5CC5)=C4)c3c2)n[nH]1. The molecule has 0 bridgehead atoms. The first kappa shape index (κ1) is 19.5. The van der Waals surface area contributed by atoms with Crippen LogP contribution in [0.1, 0.15) is 44.6 Å². The van der Waals surface area contributed by atoms with E-state index in [9.17, 15) is 4.79 Å². The minimum atomic E-state index is 0.0129. The quantitative estimate of drug-likeness (QED) is 0.565. The average Bonchev–Trinajstić information content (AvgIpc) is 3.37. The van der Waals surface area contributed by atoms with Crippen molar-refractivity contribution < 1.29 is 4.79 Å². The molecule has 1 aromatic carbocycles. The van der Waals surface area contributed by atoms with Gasteiger partial charge in [0.1, 0.15) is 5.82 Å². The second-order valence-corrected chi connectivity index (χ2v) is 8.71. The summed E-state index contributed by atoms with van der Waals surface area (Å²) in [4.78, 5) is 17.3. The van der Waals surface area contributed by atoms with Gasteiger partial charge in [0.25, 0.3) is 0 Å². The van der Waals surface area contributed by atoms with E-state index in [1.165, 1.54) is 0 Å². The minimum absolute atomic E-state index is 0.0129. The number of nitrogens with one attached hydrogen (secondary N) is 3. The lowest BCUT2D eigenvalue weighted by atomic mass is 10.0. The highest BCUT2D eigenvalue weighted by molar-refractivity contribution is 6.01. The second kappa shape index (κ2) is 7.98. The van der Waals surface area contributed by atoms with E-state index >= 15 is 0 Å². The van der Waals surface area contributed by atoms with E-state index in [1.54, 1.807) is 0 Å². The first-order chi connectivity index (χ1) is 15.1. The summed E-state index contributed by atoms with van der Waals surface area (Å²) in [6, 6.07) is 6.39. The van der Waals surface area contributed by atoms with Gasteiger partial charge in [-0.2, -0.15) is 10.2 Å². The lowest BCUT2D eigenvalue weighted by Crippen LogP contribution is -2.26. The zero-order valence-corrected chi connectivity index (χ0v) is 17.8. The molecule has 1 amide bonds. The number of nitrogens with zero attached hydrogens (tertiary/aromatic N) is 3. The maximum Gasteiger partial charge on any atom is 0.247 e. The molecule has 3 aromatic rings. The number of aromatic nitrogens is 5. The van der Waals surface area contributed by atoms with Crippen molar-refractivity contribution in [2.45, 2.75) is 45.6 Å². The number of benzene rings is 1. The molecular formula is C24H26N6O. The van der Waals surface area contributed by atoms with Gasteiger partial charge < -0.3 is 5.32 Å². The van der Waals surface area contributed by atoms with Crippen LogP contribution in [0.2, 0.25) is 0 Å². The monoisotopic (exact) mass is 414 g/mol. The molecule has 0 atom stereocenters. The molecule has 5 rings (SSSR count). The maximum absolute atomic E-state index is 12.6. The van der Waals surface area contributed by atoms with E-state index < -0.39 is 0 Å². The lowest BCUT2D eigenvalue weighted by Gasteiger charge is -2.06. The van der Waals surface area contributed by atoms with Gasteiger partial charge in [0.05, 0.1) is 11.2 Å². The van der Waals surface area contributed by atoms with E-state index in [1.807, 2.05) is 36.4 Å². The van der Waals surface area contributed by atoms with Crippen molar-refractivity contribution in [1.29, 1.82) is 0 Å². The van der Waals surface area contributed by atoms with Crippen LogP contribution >= 0.6 is 0 Å². The van der Waals surface area contributed by atoms with Crippen LogP contribution in [0.15, 0.2) is 48.1 Å². The largest absolute Gasteiger partial charge is 0.350 e. The van der Waals surface area contributed by atoms with Gasteiger partial charge in [-0.25, -0.2) is 4.98 Å². The molecule has 7 nitrogen and oxygen atoms in total. The first-order valence-electron chi connectivity index (χ1n) is 10.8. The van der Waals surface area contributed by atoms with Gasteiger partial charge in [0, 0.05) is 34.6 Å². The van der Waals surface area contributed by atoms with Gasteiger partial charge in [0.2, 0.25) is 5.91 Å². The van der Waals surface area contributed by atoms with E-state index in [-0.39, 0.29) is 5.91 Å². The van der Waals surface area contributed by atoms with Crippen LogP contribution in [0, 0.1) is 5.92 Å². The number of aromatic amines is 2. The highest BCUT2D eigenvalue weighted by Gasteiger charge is 2.25. The molecule has 2 heterocycles. The minimum Gasteiger partial charge on any atom is -0.350 e. The molecule has 0 spiro atoms. The standard InChI is InChI=1S/C24H26N6O/c1-14(2)11-21-26-23(30-28-21)16-7-10-20-19(13-16)22(29-27-20)15-5-3-4-6-17(12-15)24(31)25-18-8-9-18/h3-5,7,10,12-14,18H,6,8-9,11H2,1-2H3,(H,25,31)(H,27,29)(H,26,28,30).